The minimum Gasteiger partial charge on any atom is -0.619 e. The van der Waals surface area contributed by atoms with Crippen molar-refractivity contribution in [2.45, 2.75) is 20.8 Å². The van der Waals surface area contributed by atoms with Crippen molar-refractivity contribution in [3.05, 3.63) is 28.9 Å². The second-order valence-electron chi connectivity index (χ2n) is 2.29. The van der Waals surface area contributed by atoms with Gasteiger partial charge in [-0.25, -0.2) is 0 Å². The molecule has 0 unspecified atom stereocenters. The van der Waals surface area contributed by atoms with Gasteiger partial charge in [0.05, 0.1) is 5.69 Å². The van der Waals surface area contributed by atoms with Crippen LogP contribution in [0.1, 0.15) is 25.2 Å². The molecule has 3 N–H and O–H groups in total. The van der Waals surface area contributed by atoms with Gasteiger partial charge in [-0.15, -0.1) is 7.05 Å². The van der Waals surface area contributed by atoms with Crippen LogP contribution in [-0.4, -0.2) is 17.6 Å². The zero-order chi connectivity index (χ0) is 10.4. The van der Waals surface area contributed by atoms with Gasteiger partial charge in [-0.2, -0.15) is 0 Å². The molecule has 1 rings (SSSR count). The molecule has 0 aliphatic rings. The van der Waals surface area contributed by atoms with Crippen molar-refractivity contribution in [3.63, 3.8) is 0 Å². The molecule has 14 heavy (non-hydrogen) atoms. The molecule has 0 bridgehead atoms. The Balaban J connectivity index is 0. The third kappa shape index (κ3) is 4.14. The molecule has 0 amide bonds. The molecular weight excluding hydrogens is 203 g/mol. The maximum absolute atomic E-state index is 7.19. The number of nitrogens with zero attached hydrogens (tertiary/aromatic N) is 2. The fraction of sp³-hybridized carbons (Fsp3) is 0.444. The molecule has 4 nitrogen and oxygen atoms in total. The van der Waals surface area contributed by atoms with Crippen LogP contribution < -0.4 is 57.1 Å². The number of hydrogen-bond acceptors (Lipinski definition) is 1. The minimum atomic E-state index is 0. The Kier molecular flexibility index (Phi) is 10.1. The molecule has 1 heterocycles. The third-order valence-electron chi connectivity index (χ3n) is 1.52. The first-order valence-electron chi connectivity index (χ1n) is 4.29. The SMILES string of the molecule is CC.C[N-]n1c(C)ccc1C(=N)N.[K+]. The van der Waals surface area contributed by atoms with Gasteiger partial charge in [0.25, 0.3) is 0 Å². The van der Waals surface area contributed by atoms with E-state index in [0.29, 0.717) is 5.69 Å². The number of amidine groups is 1. The van der Waals surface area contributed by atoms with Crippen LogP contribution in [0, 0.1) is 12.3 Å². The minimum absolute atomic E-state index is 0. The molecule has 0 aliphatic carbocycles. The molecular formula is C9H17KN4. The largest absolute Gasteiger partial charge is 1.00 e. The monoisotopic (exact) mass is 220 g/mol. The molecule has 0 atom stereocenters. The Morgan fingerprint density at radius 3 is 2.21 bits per heavy atom. The van der Waals surface area contributed by atoms with E-state index in [1.807, 2.05) is 26.8 Å². The van der Waals surface area contributed by atoms with E-state index in [1.54, 1.807) is 17.8 Å². The van der Waals surface area contributed by atoms with Gasteiger partial charge in [-0.1, -0.05) is 13.8 Å². The molecule has 0 spiro atoms. The van der Waals surface area contributed by atoms with Gasteiger partial charge < -0.3 is 15.8 Å². The van der Waals surface area contributed by atoms with Gasteiger partial charge in [0.15, 0.2) is 0 Å². The van der Waals surface area contributed by atoms with Crippen LogP contribution in [0.3, 0.4) is 0 Å². The first-order chi connectivity index (χ1) is 6.16. The summed E-state index contributed by atoms with van der Waals surface area (Å²) in [5.41, 5.74) is 10.9. The Morgan fingerprint density at radius 1 is 1.43 bits per heavy atom. The second kappa shape index (κ2) is 8.49. The predicted molar refractivity (Wildman–Crippen MR) is 56.2 cm³/mol. The van der Waals surface area contributed by atoms with Crippen LogP contribution in [0.15, 0.2) is 12.1 Å². The maximum atomic E-state index is 7.19. The summed E-state index contributed by atoms with van der Waals surface area (Å²) < 4.78 is 1.64. The van der Waals surface area contributed by atoms with E-state index in [1.165, 1.54) is 0 Å². The molecule has 1 aromatic heterocycles. The second-order valence-corrected chi connectivity index (χ2v) is 2.29. The molecule has 74 valence electrons. The molecule has 0 radical (unpaired) electrons. The van der Waals surface area contributed by atoms with E-state index in [0.717, 1.165) is 5.69 Å². The van der Waals surface area contributed by atoms with Crippen molar-refractivity contribution in [2.24, 2.45) is 5.73 Å². The normalized spacial score (nSPS) is 8.00. The van der Waals surface area contributed by atoms with Crippen LogP contribution >= 0.6 is 0 Å². The summed E-state index contributed by atoms with van der Waals surface area (Å²) in [5.74, 6) is 0.0451. The predicted octanol–water partition coefficient (Wildman–Crippen LogP) is -1.12. The Morgan fingerprint density at radius 2 is 1.93 bits per heavy atom. The average molecular weight is 220 g/mol. The Hall–Kier alpha value is 0.186. The summed E-state index contributed by atoms with van der Waals surface area (Å²) in [5, 5.41) is 7.19. The van der Waals surface area contributed by atoms with Crippen LogP contribution in [0.4, 0.5) is 0 Å². The summed E-state index contributed by atoms with van der Waals surface area (Å²) in [4.78, 5) is 0. The van der Waals surface area contributed by atoms with E-state index >= 15 is 0 Å². The summed E-state index contributed by atoms with van der Waals surface area (Å²) >= 11 is 0. The molecule has 0 fully saturated rings. The average Bonchev–Trinajstić information content (AvgIpc) is 2.50. The Labute approximate surface area is 128 Å². The molecule has 0 saturated heterocycles. The van der Waals surface area contributed by atoms with Crippen LogP contribution in [0.25, 0.3) is 5.43 Å². The van der Waals surface area contributed by atoms with Crippen molar-refractivity contribution >= 4 is 5.84 Å². The van der Waals surface area contributed by atoms with E-state index in [4.69, 9.17) is 11.1 Å². The molecule has 0 aromatic carbocycles. The fourth-order valence-electron chi connectivity index (χ4n) is 1.00. The summed E-state index contributed by atoms with van der Waals surface area (Å²) in [7, 11) is 1.67. The standard InChI is InChI=1S/C7H11N4.C2H6.K/c1-5-3-4-6(7(8)9)11(5)10-2;1-2;/h3-4H,1-2H3,(H3,8,9);1-2H3;/q-1;;+1. The molecule has 1 aromatic rings. The quantitative estimate of drug-likeness (QED) is 0.370. The smallest absolute Gasteiger partial charge is 0.619 e. The van der Waals surface area contributed by atoms with Crippen molar-refractivity contribution in [1.29, 1.82) is 5.41 Å². The van der Waals surface area contributed by atoms with Gasteiger partial charge in [-0.3, -0.25) is 5.41 Å². The van der Waals surface area contributed by atoms with Crippen molar-refractivity contribution in [3.8, 4) is 0 Å². The summed E-state index contributed by atoms with van der Waals surface area (Å²) in [6, 6.07) is 3.66. The third-order valence-corrected chi connectivity index (χ3v) is 1.52. The van der Waals surface area contributed by atoms with E-state index in [2.05, 4.69) is 5.43 Å². The first-order valence-corrected chi connectivity index (χ1v) is 4.29. The van der Waals surface area contributed by atoms with Gasteiger partial charge in [0.2, 0.25) is 0 Å². The number of nitrogens with two attached hydrogens (primary N) is 1. The number of rotatable bonds is 2. The first kappa shape index (κ1) is 16.6. The van der Waals surface area contributed by atoms with Gasteiger partial charge in [0, 0.05) is 5.69 Å². The van der Waals surface area contributed by atoms with Crippen molar-refractivity contribution in [1.82, 2.24) is 4.68 Å². The van der Waals surface area contributed by atoms with E-state index in [-0.39, 0.29) is 57.2 Å². The fourth-order valence-corrected chi connectivity index (χ4v) is 1.00. The van der Waals surface area contributed by atoms with Crippen LogP contribution in [0.2, 0.25) is 0 Å². The van der Waals surface area contributed by atoms with Crippen molar-refractivity contribution in [2.75, 3.05) is 7.05 Å². The topological polar surface area (TPSA) is 68.9 Å². The molecule has 5 heteroatoms. The van der Waals surface area contributed by atoms with E-state index < -0.39 is 0 Å². The number of nitrogen functional groups attached to an aromatic ring is 1. The van der Waals surface area contributed by atoms with Crippen molar-refractivity contribution < 1.29 is 51.4 Å². The molecule has 0 saturated carbocycles. The van der Waals surface area contributed by atoms with E-state index in [9.17, 15) is 0 Å². The number of nitrogens with one attached hydrogen (secondary N) is 1. The zero-order valence-corrected chi connectivity index (χ0v) is 12.7. The Bertz CT molecular complexity index is 280. The summed E-state index contributed by atoms with van der Waals surface area (Å²) in [6.07, 6.45) is 0. The number of hydrogen-bond donors (Lipinski definition) is 2. The van der Waals surface area contributed by atoms with Gasteiger partial charge in [0.1, 0.15) is 5.84 Å². The van der Waals surface area contributed by atoms with Gasteiger partial charge in [-0.05, 0) is 19.1 Å². The summed E-state index contributed by atoms with van der Waals surface area (Å²) in [6.45, 7) is 5.92. The van der Waals surface area contributed by atoms with Crippen LogP contribution in [0.5, 0.6) is 0 Å². The number of aryl methyl sites for hydroxylation is 1. The molecule has 0 aliphatic heterocycles. The number of aromatic nitrogens is 1. The zero-order valence-electron chi connectivity index (χ0n) is 9.63. The maximum Gasteiger partial charge on any atom is 1.00 e. The van der Waals surface area contributed by atoms with Crippen LogP contribution in [-0.2, 0) is 0 Å². The van der Waals surface area contributed by atoms with Gasteiger partial charge >= 0.3 is 51.4 Å².